The van der Waals surface area contributed by atoms with Crippen molar-refractivity contribution in [3.63, 3.8) is 0 Å². The second-order valence-electron chi connectivity index (χ2n) is 11.6. The van der Waals surface area contributed by atoms with Crippen molar-refractivity contribution in [1.29, 1.82) is 0 Å². The fourth-order valence-electron chi connectivity index (χ4n) is 6.08. The van der Waals surface area contributed by atoms with Gasteiger partial charge in [0.05, 0.1) is 7.11 Å². The van der Waals surface area contributed by atoms with Crippen molar-refractivity contribution in [3.8, 4) is 23.0 Å². The average molecular weight is 579 g/mol. The summed E-state index contributed by atoms with van der Waals surface area (Å²) in [5.41, 5.74) is 4.21. The molecule has 0 aliphatic heterocycles. The van der Waals surface area contributed by atoms with Crippen LogP contribution in [0, 0.1) is 0 Å². The molecule has 43 heavy (non-hydrogen) atoms. The largest absolute Gasteiger partial charge is 0.519 e. The van der Waals surface area contributed by atoms with Gasteiger partial charge in [0.2, 0.25) is 0 Å². The topological polar surface area (TPSA) is 71.1 Å². The summed E-state index contributed by atoms with van der Waals surface area (Å²) in [5.74, 6) is 1.86. The molecule has 0 atom stereocenters. The molecule has 1 aliphatic carbocycles. The molecule has 1 aliphatic rings. The summed E-state index contributed by atoms with van der Waals surface area (Å²) < 4.78 is 21.5. The van der Waals surface area contributed by atoms with Crippen molar-refractivity contribution >= 4 is 12.1 Å². The lowest BCUT2D eigenvalue weighted by Crippen LogP contribution is -2.30. The van der Waals surface area contributed by atoms with Crippen LogP contribution in [0.1, 0.15) is 75.1 Å². The lowest BCUT2D eigenvalue weighted by molar-refractivity contribution is -0.131. The zero-order chi connectivity index (χ0) is 30.5. The summed E-state index contributed by atoms with van der Waals surface area (Å²) in [4.78, 5) is 24.0. The summed E-state index contributed by atoms with van der Waals surface area (Å²) in [5, 5.41) is 0. The van der Waals surface area contributed by atoms with E-state index in [1.54, 1.807) is 19.2 Å². The molecule has 0 aromatic heterocycles. The highest BCUT2D eigenvalue weighted by Gasteiger charge is 2.35. The van der Waals surface area contributed by atoms with Crippen LogP contribution >= 0.6 is 0 Å². The van der Waals surface area contributed by atoms with Gasteiger partial charge in [0.1, 0.15) is 23.0 Å². The molecule has 0 amide bonds. The maximum absolute atomic E-state index is 12.6. The van der Waals surface area contributed by atoms with Crippen molar-refractivity contribution in [2.24, 2.45) is 0 Å². The molecular weight excluding hydrogens is 540 g/mol. The number of rotatable bonds is 8. The normalized spacial score (nSPS) is 14.4. The van der Waals surface area contributed by atoms with Gasteiger partial charge in [-0.05, 0) is 83.6 Å². The molecule has 0 spiro atoms. The van der Waals surface area contributed by atoms with Crippen LogP contribution in [0.25, 0.3) is 0 Å². The van der Waals surface area contributed by atoms with Crippen molar-refractivity contribution in [2.45, 2.75) is 63.7 Å². The molecular formula is C37H38O6. The Labute approximate surface area is 253 Å². The Bertz CT molecular complexity index is 1530. The molecule has 1 fully saturated rings. The van der Waals surface area contributed by atoms with Crippen LogP contribution in [0.3, 0.4) is 0 Å². The third-order valence-electron chi connectivity index (χ3n) is 8.57. The molecule has 0 bridgehead atoms. The molecule has 4 aromatic carbocycles. The maximum Gasteiger partial charge on any atom is 0.519 e. The number of carbonyl (C=O) groups is 2. The Morgan fingerprint density at radius 2 is 0.977 bits per heavy atom. The van der Waals surface area contributed by atoms with Gasteiger partial charge in [-0.2, -0.15) is 0 Å². The monoisotopic (exact) mass is 578 g/mol. The van der Waals surface area contributed by atoms with Crippen molar-refractivity contribution in [3.05, 3.63) is 119 Å². The third-order valence-corrected chi connectivity index (χ3v) is 8.57. The quantitative estimate of drug-likeness (QED) is 0.118. The predicted molar refractivity (Wildman–Crippen MR) is 166 cm³/mol. The first-order valence-corrected chi connectivity index (χ1v) is 14.7. The van der Waals surface area contributed by atoms with E-state index in [4.69, 9.17) is 18.9 Å². The fourth-order valence-corrected chi connectivity index (χ4v) is 6.08. The Kier molecular flexibility index (Phi) is 8.86. The molecule has 6 nitrogen and oxygen atoms in total. The summed E-state index contributed by atoms with van der Waals surface area (Å²) in [7, 11) is 1.66. The molecule has 6 heteroatoms. The van der Waals surface area contributed by atoms with Crippen LogP contribution in [-0.4, -0.2) is 19.2 Å². The van der Waals surface area contributed by atoms with Crippen LogP contribution < -0.4 is 18.9 Å². The van der Waals surface area contributed by atoms with E-state index < -0.39 is 6.16 Å². The lowest BCUT2D eigenvalue weighted by atomic mass is 9.65. The maximum atomic E-state index is 12.6. The molecule has 4 aromatic rings. The summed E-state index contributed by atoms with van der Waals surface area (Å²) >= 11 is 0. The standard InChI is InChI=1S/C37H38O6/c1-26(38)41-32-20-12-29(13-21-32)37(24-6-5-7-25-37)30-14-22-34(23-15-30)43-35(39)42-33-18-10-28(11-19-33)36(2,3)27-8-16-31(40-4)17-9-27/h8-23H,5-7,24-25H2,1-4H3. The number of methoxy groups -OCH3 is 1. The molecule has 5 rings (SSSR count). The van der Waals surface area contributed by atoms with Crippen molar-refractivity contribution in [1.82, 2.24) is 0 Å². The van der Waals surface area contributed by atoms with E-state index in [0.717, 1.165) is 42.6 Å². The number of carbonyl (C=O) groups excluding carboxylic acids is 2. The molecule has 0 unspecified atom stereocenters. The SMILES string of the molecule is COc1ccc(C(C)(C)c2ccc(OC(=O)Oc3ccc(C4(c5ccc(OC(C)=O)cc5)CCCCC4)cc3)cc2)cc1. The van der Waals surface area contributed by atoms with Crippen LogP contribution in [0.5, 0.6) is 23.0 Å². The minimum Gasteiger partial charge on any atom is -0.497 e. The van der Waals surface area contributed by atoms with Crippen LogP contribution in [0.2, 0.25) is 0 Å². The van der Waals surface area contributed by atoms with E-state index in [1.165, 1.54) is 24.5 Å². The minimum atomic E-state index is -0.789. The highest BCUT2D eigenvalue weighted by molar-refractivity contribution is 5.69. The second kappa shape index (κ2) is 12.7. The minimum absolute atomic E-state index is 0.145. The number of hydrogen-bond donors (Lipinski definition) is 0. The third kappa shape index (κ3) is 6.75. The van der Waals surface area contributed by atoms with Gasteiger partial charge in [0.15, 0.2) is 0 Å². The molecule has 1 saturated carbocycles. The van der Waals surface area contributed by atoms with Gasteiger partial charge < -0.3 is 18.9 Å². The predicted octanol–water partition coefficient (Wildman–Crippen LogP) is 8.77. The lowest BCUT2D eigenvalue weighted by Gasteiger charge is -2.38. The van der Waals surface area contributed by atoms with E-state index in [2.05, 4.69) is 38.1 Å². The summed E-state index contributed by atoms with van der Waals surface area (Å²) in [6.07, 6.45) is 4.73. The van der Waals surface area contributed by atoms with Crippen LogP contribution in [-0.2, 0) is 15.6 Å². The molecule has 0 heterocycles. The smallest absolute Gasteiger partial charge is 0.497 e. The highest BCUT2D eigenvalue weighted by atomic mass is 16.7. The first kappa shape index (κ1) is 29.9. The van der Waals surface area contributed by atoms with Gasteiger partial charge in [0, 0.05) is 17.8 Å². The van der Waals surface area contributed by atoms with Crippen LogP contribution in [0.4, 0.5) is 4.79 Å². The Morgan fingerprint density at radius 1 is 0.581 bits per heavy atom. The Morgan fingerprint density at radius 3 is 1.40 bits per heavy atom. The van der Waals surface area contributed by atoms with Gasteiger partial charge in [0.25, 0.3) is 0 Å². The van der Waals surface area contributed by atoms with Gasteiger partial charge in [-0.1, -0.05) is 81.6 Å². The van der Waals surface area contributed by atoms with E-state index in [9.17, 15) is 9.59 Å². The average Bonchev–Trinajstić information content (AvgIpc) is 3.02. The van der Waals surface area contributed by atoms with E-state index >= 15 is 0 Å². The summed E-state index contributed by atoms with van der Waals surface area (Å²) in [6, 6.07) is 31.0. The zero-order valence-electron chi connectivity index (χ0n) is 25.2. The highest BCUT2D eigenvalue weighted by Crippen LogP contribution is 2.45. The summed E-state index contributed by atoms with van der Waals surface area (Å²) in [6.45, 7) is 5.70. The fraction of sp³-hybridized carbons (Fsp3) is 0.297. The first-order chi connectivity index (χ1) is 20.7. The van der Waals surface area contributed by atoms with E-state index in [-0.39, 0.29) is 16.8 Å². The van der Waals surface area contributed by atoms with Gasteiger partial charge in [-0.15, -0.1) is 0 Å². The first-order valence-electron chi connectivity index (χ1n) is 14.7. The molecule has 0 saturated heterocycles. The molecule has 0 N–H and O–H groups in total. The van der Waals surface area contributed by atoms with E-state index in [1.807, 2.05) is 60.7 Å². The van der Waals surface area contributed by atoms with Crippen molar-refractivity contribution in [2.75, 3.05) is 7.11 Å². The molecule has 222 valence electrons. The second-order valence-corrected chi connectivity index (χ2v) is 11.6. The van der Waals surface area contributed by atoms with Gasteiger partial charge >= 0.3 is 12.1 Å². The van der Waals surface area contributed by atoms with Crippen molar-refractivity contribution < 1.29 is 28.5 Å². The van der Waals surface area contributed by atoms with Gasteiger partial charge in [-0.25, -0.2) is 4.79 Å². The van der Waals surface area contributed by atoms with Crippen LogP contribution in [0.15, 0.2) is 97.1 Å². The molecule has 0 radical (unpaired) electrons. The Hall–Kier alpha value is -4.58. The van der Waals surface area contributed by atoms with E-state index in [0.29, 0.717) is 17.2 Å². The number of hydrogen-bond acceptors (Lipinski definition) is 6. The number of esters is 1. The van der Waals surface area contributed by atoms with Gasteiger partial charge in [-0.3, -0.25) is 4.79 Å². The Balaban J connectivity index is 1.24. The zero-order valence-corrected chi connectivity index (χ0v) is 25.2. The number of ether oxygens (including phenoxy) is 4. The number of benzene rings is 4.